The summed E-state index contributed by atoms with van der Waals surface area (Å²) < 4.78 is 0. The molecule has 1 aromatic carbocycles. The maximum Gasteiger partial charge on any atom is 0.277 e. The third kappa shape index (κ3) is 3.72. The van der Waals surface area contributed by atoms with Crippen LogP contribution in [0.5, 0.6) is 0 Å². The van der Waals surface area contributed by atoms with Gasteiger partial charge in [-0.3, -0.25) is 4.79 Å². The molecule has 2 N–H and O–H groups in total. The Morgan fingerprint density at radius 3 is 2.45 bits per heavy atom. The largest absolute Gasteiger partial charge is 0.330 e. The molecule has 0 fully saturated rings. The summed E-state index contributed by atoms with van der Waals surface area (Å²) in [6, 6.07) is 8.09. The Morgan fingerprint density at radius 1 is 1.27 bits per heavy atom. The van der Waals surface area contributed by atoms with Crippen molar-refractivity contribution in [1.29, 1.82) is 0 Å². The van der Waals surface area contributed by atoms with Gasteiger partial charge in [-0.2, -0.15) is 0 Å². The number of nitrogens with two attached hydrogens (primary N) is 1. The molecule has 2 rings (SSSR count). The number of amides is 1. The van der Waals surface area contributed by atoms with E-state index in [0.717, 1.165) is 10.7 Å². The minimum Gasteiger partial charge on any atom is -0.330 e. The molecule has 0 aliphatic carbocycles. The molecule has 0 atom stereocenters. The normalized spacial score (nSPS) is 11.5. The van der Waals surface area contributed by atoms with Crippen LogP contribution in [0.25, 0.3) is 0 Å². The van der Waals surface area contributed by atoms with E-state index >= 15 is 0 Å². The lowest BCUT2D eigenvalue weighted by atomic mass is 9.87. The van der Waals surface area contributed by atoms with Gasteiger partial charge in [-0.25, -0.2) is 4.98 Å². The number of benzene rings is 1. The van der Waals surface area contributed by atoms with Gasteiger partial charge in [0.2, 0.25) is 0 Å². The van der Waals surface area contributed by atoms with Gasteiger partial charge in [-0.15, -0.1) is 11.3 Å². The van der Waals surface area contributed by atoms with E-state index in [2.05, 4.69) is 37.9 Å². The van der Waals surface area contributed by atoms with Crippen LogP contribution in [0.2, 0.25) is 0 Å². The van der Waals surface area contributed by atoms with Gasteiger partial charge in [-0.1, -0.05) is 32.9 Å². The number of anilines is 1. The van der Waals surface area contributed by atoms with Crippen molar-refractivity contribution in [1.82, 2.24) is 4.98 Å². The van der Waals surface area contributed by atoms with Crippen LogP contribution in [0, 0.1) is 0 Å². The van der Waals surface area contributed by atoms with E-state index in [9.17, 15) is 4.79 Å². The molecule has 1 aromatic heterocycles. The van der Waals surface area contributed by atoms with Gasteiger partial charge in [0.05, 0.1) is 5.01 Å². The molecule has 1 heterocycles. The van der Waals surface area contributed by atoms with Crippen LogP contribution < -0.4 is 10.6 Å². The summed E-state index contributed by atoms with van der Waals surface area (Å²) in [4.78, 5) is 18.5. The highest BCUT2D eigenvalue weighted by molar-refractivity contribution is 7.09. The standard InChI is InChI=1S/C17H23N3OS/c1-17(2,3)12-5-7-13(8-6-12)20(4)16(21)14-11-22-15(19-14)9-10-18/h5-8,11H,9-10,18H2,1-4H3. The van der Waals surface area contributed by atoms with Crippen LogP contribution in [0.1, 0.15) is 41.8 Å². The summed E-state index contributed by atoms with van der Waals surface area (Å²) in [5.74, 6) is -0.0944. The van der Waals surface area contributed by atoms with E-state index in [1.807, 2.05) is 12.1 Å². The smallest absolute Gasteiger partial charge is 0.277 e. The molecule has 0 aliphatic rings. The second kappa shape index (κ2) is 6.58. The molecule has 2 aromatic rings. The molecule has 22 heavy (non-hydrogen) atoms. The molecule has 118 valence electrons. The molecule has 1 amide bonds. The maximum atomic E-state index is 12.5. The zero-order chi connectivity index (χ0) is 16.3. The topological polar surface area (TPSA) is 59.2 Å². The summed E-state index contributed by atoms with van der Waals surface area (Å²) in [5, 5.41) is 2.70. The number of hydrogen-bond acceptors (Lipinski definition) is 4. The fourth-order valence-electron chi connectivity index (χ4n) is 2.12. The maximum absolute atomic E-state index is 12.5. The molecule has 5 heteroatoms. The van der Waals surface area contributed by atoms with Crippen molar-refractivity contribution >= 4 is 22.9 Å². The van der Waals surface area contributed by atoms with Gasteiger partial charge in [0.25, 0.3) is 5.91 Å². The predicted octanol–water partition coefficient (Wildman–Crippen LogP) is 3.22. The summed E-state index contributed by atoms with van der Waals surface area (Å²) in [5.41, 5.74) is 8.22. The molecule has 4 nitrogen and oxygen atoms in total. The minimum absolute atomic E-state index is 0.0944. The van der Waals surface area contributed by atoms with Gasteiger partial charge in [0.15, 0.2) is 0 Å². The lowest BCUT2D eigenvalue weighted by Gasteiger charge is -2.21. The minimum atomic E-state index is -0.0944. The molecule has 0 unspecified atom stereocenters. The molecule has 0 bridgehead atoms. The summed E-state index contributed by atoms with van der Waals surface area (Å²) in [7, 11) is 1.77. The average Bonchev–Trinajstić information content (AvgIpc) is 2.94. The SMILES string of the molecule is CN(C(=O)c1csc(CCN)n1)c1ccc(C(C)(C)C)cc1. The molecule has 0 aliphatic heterocycles. The molecule has 0 spiro atoms. The van der Waals surface area contributed by atoms with Gasteiger partial charge < -0.3 is 10.6 Å². The number of rotatable bonds is 4. The molecular weight excluding hydrogens is 294 g/mol. The Labute approximate surface area is 136 Å². The van der Waals surface area contributed by atoms with E-state index in [1.54, 1.807) is 17.3 Å². The van der Waals surface area contributed by atoms with Crippen molar-refractivity contribution in [2.45, 2.75) is 32.6 Å². The number of carbonyl (C=O) groups excluding carboxylic acids is 1. The second-order valence-electron chi connectivity index (χ2n) is 6.33. The Balaban J connectivity index is 2.16. The highest BCUT2D eigenvalue weighted by Crippen LogP contribution is 2.25. The first-order chi connectivity index (χ1) is 10.3. The van der Waals surface area contributed by atoms with Crippen LogP contribution in [-0.2, 0) is 11.8 Å². The molecule has 0 saturated carbocycles. The second-order valence-corrected chi connectivity index (χ2v) is 7.27. The number of carbonyl (C=O) groups is 1. The van der Waals surface area contributed by atoms with E-state index in [0.29, 0.717) is 18.7 Å². The molecule has 0 saturated heterocycles. The fraction of sp³-hybridized carbons (Fsp3) is 0.412. The van der Waals surface area contributed by atoms with Gasteiger partial charge in [0, 0.05) is 24.5 Å². The van der Waals surface area contributed by atoms with Crippen LogP contribution in [-0.4, -0.2) is 24.5 Å². The fourth-order valence-corrected chi connectivity index (χ4v) is 2.91. The third-order valence-electron chi connectivity index (χ3n) is 3.55. The monoisotopic (exact) mass is 317 g/mol. The first-order valence-electron chi connectivity index (χ1n) is 7.36. The Hall–Kier alpha value is -1.72. The van der Waals surface area contributed by atoms with E-state index in [1.165, 1.54) is 16.9 Å². The Morgan fingerprint density at radius 2 is 1.91 bits per heavy atom. The lowest BCUT2D eigenvalue weighted by Crippen LogP contribution is -2.26. The highest BCUT2D eigenvalue weighted by atomic mass is 32.1. The first-order valence-corrected chi connectivity index (χ1v) is 8.24. The number of hydrogen-bond donors (Lipinski definition) is 1. The number of thiazole rings is 1. The first kappa shape index (κ1) is 16.6. The van der Waals surface area contributed by atoms with Gasteiger partial charge in [-0.05, 0) is 29.7 Å². The third-order valence-corrected chi connectivity index (χ3v) is 4.46. The van der Waals surface area contributed by atoms with Crippen molar-refractivity contribution in [3.63, 3.8) is 0 Å². The van der Waals surface area contributed by atoms with Crippen molar-refractivity contribution in [3.05, 3.63) is 45.9 Å². The Kier molecular flexibility index (Phi) is 4.98. The number of aromatic nitrogens is 1. The zero-order valence-electron chi connectivity index (χ0n) is 13.6. The predicted molar refractivity (Wildman–Crippen MR) is 92.7 cm³/mol. The zero-order valence-corrected chi connectivity index (χ0v) is 14.4. The quantitative estimate of drug-likeness (QED) is 0.942. The Bertz CT molecular complexity index is 641. The van der Waals surface area contributed by atoms with Crippen molar-refractivity contribution in [3.8, 4) is 0 Å². The summed E-state index contributed by atoms with van der Waals surface area (Å²) in [6.45, 7) is 7.06. The lowest BCUT2D eigenvalue weighted by molar-refractivity contribution is 0.0989. The molecule has 0 radical (unpaired) electrons. The van der Waals surface area contributed by atoms with Crippen LogP contribution >= 0.6 is 11.3 Å². The van der Waals surface area contributed by atoms with E-state index in [-0.39, 0.29) is 11.3 Å². The van der Waals surface area contributed by atoms with Gasteiger partial charge in [0.1, 0.15) is 5.69 Å². The van der Waals surface area contributed by atoms with E-state index in [4.69, 9.17) is 5.73 Å². The van der Waals surface area contributed by atoms with Crippen molar-refractivity contribution in [2.24, 2.45) is 5.73 Å². The van der Waals surface area contributed by atoms with Crippen LogP contribution in [0.15, 0.2) is 29.6 Å². The average molecular weight is 317 g/mol. The van der Waals surface area contributed by atoms with Crippen molar-refractivity contribution in [2.75, 3.05) is 18.5 Å². The summed E-state index contributed by atoms with van der Waals surface area (Å²) in [6.07, 6.45) is 0.710. The molecular formula is C17H23N3OS. The van der Waals surface area contributed by atoms with Crippen molar-refractivity contribution < 1.29 is 4.79 Å². The van der Waals surface area contributed by atoms with Crippen LogP contribution in [0.3, 0.4) is 0 Å². The highest BCUT2D eigenvalue weighted by Gasteiger charge is 2.18. The number of nitrogens with zero attached hydrogens (tertiary/aromatic N) is 2. The van der Waals surface area contributed by atoms with Gasteiger partial charge >= 0.3 is 0 Å². The van der Waals surface area contributed by atoms with Crippen LogP contribution in [0.4, 0.5) is 5.69 Å². The van der Waals surface area contributed by atoms with E-state index < -0.39 is 0 Å². The summed E-state index contributed by atoms with van der Waals surface area (Å²) >= 11 is 1.48.